The zero-order valence-electron chi connectivity index (χ0n) is 15.9. The average Bonchev–Trinajstić information content (AvgIpc) is 3.18. The first-order chi connectivity index (χ1) is 13.2. The van der Waals surface area contributed by atoms with E-state index in [1.54, 1.807) is 26.1 Å². The molecule has 3 heterocycles. The topological polar surface area (TPSA) is 43.1 Å². The van der Waals surface area contributed by atoms with Gasteiger partial charge in [0.15, 0.2) is 11.6 Å². The summed E-state index contributed by atoms with van der Waals surface area (Å²) in [7, 11) is 1.65. The Bertz CT molecular complexity index is 1090. The fourth-order valence-corrected chi connectivity index (χ4v) is 4.86. The van der Waals surface area contributed by atoms with Gasteiger partial charge >= 0.3 is 0 Å². The minimum Gasteiger partial charge on any atom is -0.334 e. The van der Waals surface area contributed by atoms with Crippen LogP contribution in [0.15, 0.2) is 34.9 Å². The number of halogens is 3. The maximum absolute atomic E-state index is 15.0. The zero-order chi connectivity index (χ0) is 20.3. The first kappa shape index (κ1) is 19.2. The quantitative estimate of drug-likeness (QED) is 0.519. The van der Waals surface area contributed by atoms with Crippen LogP contribution in [0, 0.1) is 12.7 Å². The van der Waals surface area contributed by atoms with Gasteiger partial charge in [-0.05, 0) is 60.5 Å². The van der Waals surface area contributed by atoms with Crippen molar-refractivity contribution in [3.63, 3.8) is 0 Å². The number of anilines is 1. The monoisotopic (exact) mass is 464 g/mol. The van der Waals surface area contributed by atoms with E-state index in [0.717, 1.165) is 15.9 Å². The van der Waals surface area contributed by atoms with Crippen molar-refractivity contribution in [1.82, 2.24) is 14.3 Å². The first-order valence-corrected chi connectivity index (χ1v) is 10.1. The summed E-state index contributed by atoms with van der Waals surface area (Å²) in [4.78, 5) is 14.9. The van der Waals surface area contributed by atoms with Crippen LogP contribution in [-0.2, 0) is 7.05 Å². The van der Waals surface area contributed by atoms with Crippen molar-refractivity contribution >= 4 is 39.3 Å². The molecule has 4 rings (SSSR count). The number of aryl methyl sites for hydroxylation is 2. The second-order valence-corrected chi connectivity index (χ2v) is 8.45. The lowest BCUT2D eigenvalue weighted by molar-refractivity contribution is 0.0991. The van der Waals surface area contributed by atoms with Gasteiger partial charge in [-0.3, -0.25) is 9.69 Å². The molecule has 0 saturated carbocycles. The van der Waals surface area contributed by atoms with Crippen LogP contribution in [0.4, 0.5) is 10.2 Å². The Morgan fingerprint density at radius 3 is 2.43 bits per heavy atom. The lowest BCUT2D eigenvalue weighted by Crippen LogP contribution is -2.32. The Morgan fingerprint density at radius 2 is 1.89 bits per heavy atom. The second-order valence-electron chi connectivity index (χ2n) is 7.21. The summed E-state index contributed by atoms with van der Waals surface area (Å²) in [6, 6.07) is 8.73. The maximum atomic E-state index is 15.0. The highest BCUT2D eigenvalue weighted by molar-refractivity contribution is 9.10. The molecule has 2 aromatic heterocycles. The number of carbonyl (C=O) groups excluding carboxylic acids is 1. The van der Waals surface area contributed by atoms with Crippen molar-refractivity contribution in [1.29, 1.82) is 0 Å². The Kier molecular flexibility index (Phi) is 4.62. The molecule has 146 valence electrons. The molecule has 3 aromatic rings. The lowest BCUT2D eigenvalue weighted by atomic mass is 10.0. The summed E-state index contributed by atoms with van der Waals surface area (Å²) in [5.41, 5.74) is 2.48. The van der Waals surface area contributed by atoms with Crippen molar-refractivity contribution < 1.29 is 9.18 Å². The van der Waals surface area contributed by atoms with Crippen LogP contribution in [-0.4, -0.2) is 20.3 Å². The van der Waals surface area contributed by atoms with Gasteiger partial charge in [0.25, 0.3) is 5.91 Å². The van der Waals surface area contributed by atoms with E-state index in [4.69, 9.17) is 11.6 Å². The zero-order valence-corrected chi connectivity index (χ0v) is 18.2. The van der Waals surface area contributed by atoms with Gasteiger partial charge in [0, 0.05) is 18.1 Å². The Balaban J connectivity index is 2.01. The predicted molar refractivity (Wildman–Crippen MR) is 111 cm³/mol. The minimum absolute atomic E-state index is 0.110. The number of hydrogen-bond donors (Lipinski definition) is 0. The van der Waals surface area contributed by atoms with Crippen molar-refractivity contribution in [2.24, 2.45) is 7.05 Å². The molecule has 28 heavy (non-hydrogen) atoms. The highest BCUT2D eigenvalue weighted by Gasteiger charge is 2.45. The van der Waals surface area contributed by atoms with Gasteiger partial charge in [-0.1, -0.05) is 23.7 Å². The van der Waals surface area contributed by atoms with Gasteiger partial charge in [-0.25, -0.2) is 9.07 Å². The van der Waals surface area contributed by atoms with Crippen molar-refractivity contribution in [3.05, 3.63) is 68.3 Å². The summed E-state index contributed by atoms with van der Waals surface area (Å²) in [5, 5.41) is 4.76. The van der Waals surface area contributed by atoms with E-state index in [-0.39, 0.29) is 23.5 Å². The third-order valence-corrected chi connectivity index (χ3v) is 5.91. The minimum atomic E-state index is -0.491. The Labute approximate surface area is 175 Å². The third kappa shape index (κ3) is 2.71. The van der Waals surface area contributed by atoms with Gasteiger partial charge < -0.3 is 4.57 Å². The largest absolute Gasteiger partial charge is 0.334 e. The standard InChI is InChI=1S/C20H19BrClFN4O/c1-10(2)26-15(21)9-14-18(26)17(12-5-7-13(22)8-6-12)27(20(14)28)19-16(23)11(3)24-25(19)4/h5-10,17H,1-4H3. The summed E-state index contributed by atoms with van der Waals surface area (Å²) >= 11 is 9.64. The molecule has 0 aliphatic carbocycles. The molecular weight excluding hydrogens is 447 g/mol. The van der Waals surface area contributed by atoms with Crippen molar-refractivity contribution in [2.75, 3.05) is 4.90 Å². The van der Waals surface area contributed by atoms with E-state index < -0.39 is 11.9 Å². The van der Waals surface area contributed by atoms with Crippen LogP contribution in [0.3, 0.4) is 0 Å². The number of fused-ring (bicyclic) bond motifs is 1. The van der Waals surface area contributed by atoms with Crippen LogP contribution in [0.25, 0.3) is 0 Å². The van der Waals surface area contributed by atoms with Crippen LogP contribution in [0.5, 0.6) is 0 Å². The number of benzene rings is 1. The van der Waals surface area contributed by atoms with E-state index in [0.29, 0.717) is 10.6 Å². The molecule has 8 heteroatoms. The number of aromatic nitrogens is 3. The molecule has 1 atom stereocenters. The van der Waals surface area contributed by atoms with E-state index in [9.17, 15) is 9.18 Å². The first-order valence-electron chi connectivity index (χ1n) is 8.91. The Morgan fingerprint density at radius 1 is 1.25 bits per heavy atom. The number of hydrogen-bond acceptors (Lipinski definition) is 2. The normalized spacial score (nSPS) is 16.4. The van der Waals surface area contributed by atoms with Gasteiger partial charge in [0.2, 0.25) is 0 Å². The van der Waals surface area contributed by atoms with E-state index in [2.05, 4.69) is 25.6 Å². The summed E-state index contributed by atoms with van der Waals surface area (Å²) in [5.74, 6) is -0.586. The number of rotatable bonds is 3. The number of amides is 1. The summed E-state index contributed by atoms with van der Waals surface area (Å²) in [6.07, 6.45) is 0. The fraction of sp³-hybridized carbons (Fsp3) is 0.300. The highest BCUT2D eigenvalue weighted by Crippen LogP contribution is 2.46. The molecule has 0 N–H and O–H groups in total. The average molecular weight is 466 g/mol. The molecule has 1 aliphatic heterocycles. The molecule has 0 radical (unpaired) electrons. The molecule has 0 spiro atoms. The molecule has 0 saturated heterocycles. The van der Waals surface area contributed by atoms with E-state index >= 15 is 0 Å². The molecular formula is C20H19BrClFN4O. The molecule has 0 fully saturated rings. The molecule has 1 aromatic carbocycles. The summed E-state index contributed by atoms with van der Waals surface area (Å²) < 4.78 is 19.3. The van der Waals surface area contributed by atoms with Gasteiger partial charge in [0.1, 0.15) is 6.04 Å². The van der Waals surface area contributed by atoms with E-state index in [1.807, 2.05) is 32.0 Å². The van der Waals surface area contributed by atoms with Crippen molar-refractivity contribution in [3.8, 4) is 0 Å². The van der Waals surface area contributed by atoms with Crippen LogP contribution in [0.1, 0.15) is 53.2 Å². The second kappa shape index (κ2) is 6.74. The molecule has 1 amide bonds. The maximum Gasteiger partial charge on any atom is 0.262 e. The smallest absolute Gasteiger partial charge is 0.262 e. The number of carbonyl (C=O) groups is 1. The van der Waals surface area contributed by atoms with Crippen LogP contribution >= 0.6 is 27.5 Å². The number of nitrogens with zero attached hydrogens (tertiary/aromatic N) is 4. The lowest BCUT2D eigenvalue weighted by Gasteiger charge is -2.28. The van der Waals surface area contributed by atoms with Gasteiger partial charge in [0.05, 0.1) is 21.6 Å². The van der Waals surface area contributed by atoms with E-state index in [1.165, 1.54) is 9.58 Å². The third-order valence-electron chi connectivity index (χ3n) is 5.05. The fourth-order valence-electron chi connectivity index (χ4n) is 3.90. The Hall–Kier alpha value is -2.12. The predicted octanol–water partition coefficient (Wildman–Crippen LogP) is 5.42. The van der Waals surface area contributed by atoms with Crippen LogP contribution in [0.2, 0.25) is 5.02 Å². The van der Waals surface area contributed by atoms with Gasteiger partial charge in [-0.2, -0.15) is 5.10 Å². The van der Waals surface area contributed by atoms with Crippen molar-refractivity contribution in [2.45, 2.75) is 32.9 Å². The van der Waals surface area contributed by atoms with Crippen LogP contribution < -0.4 is 4.90 Å². The molecule has 1 aliphatic rings. The molecule has 0 bridgehead atoms. The highest BCUT2D eigenvalue weighted by atomic mass is 79.9. The summed E-state index contributed by atoms with van der Waals surface area (Å²) in [6.45, 7) is 5.69. The molecule has 5 nitrogen and oxygen atoms in total. The SMILES string of the molecule is Cc1nn(C)c(N2C(=O)c3cc(Br)n(C(C)C)c3C2c2ccc(Cl)cc2)c1F. The molecule has 1 unspecified atom stereocenters. The van der Waals surface area contributed by atoms with Gasteiger partial charge in [-0.15, -0.1) is 0 Å².